The summed E-state index contributed by atoms with van der Waals surface area (Å²) < 4.78 is 5.15. The summed E-state index contributed by atoms with van der Waals surface area (Å²) in [5.41, 5.74) is 1.13. The molecule has 1 unspecified atom stereocenters. The molecular formula is C13H16N2O2. The summed E-state index contributed by atoms with van der Waals surface area (Å²) in [5, 5.41) is 0. The SMILES string of the molecule is C=CC(=O)N1CCC(c2cncc(OC)c2)C1. The molecule has 1 aromatic heterocycles. The van der Waals surface area contributed by atoms with E-state index < -0.39 is 0 Å². The number of methoxy groups -OCH3 is 1. The van der Waals surface area contributed by atoms with Gasteiger partial charge in [-0.05, 0) is 24.1 Å². The van der Waals surface area contributed by atoms with Gasteiger partial charge < -0.3 is 9.64 Å². The minimum absolute atomic E-state index is 0.00311. The first-order valence-corrected chi connectivity index (χ1v) is 5.65. The molecule has 0 aliphatic carbocycles. The third-order valence-corrected chi connectivity index (χ3v) is 3.12. The number of hydrogen-bond acceptors (Lipinski definition) is 3. The van der Waals surface area contributed by atoms with Crippen LogP contribution in [0.25, 0.3) is 0 Å². The predicted molar refractivity (Wildman–Crippen MR) is 64.9 cm³/mol. The molecule has 1 fully saturated rings. The fraction of sp³-hybridized carbons (Fsp3) is 0.385. The monoisotopic (exact) mass is 232 g/mol. The molecule has 0 radical (unpaired) electrons. The van der Waals surface area contributed by atoms with Crippen LogP contribution in [0.4, 0.5) is 0 Å². The summed E-state index contributed by atoms with van der Waals surface area (Å²) >= 11 is 0. The summed E-state index contributed by atoms with van der Waals surface area (Å²) in [7, 11) is 1.63. The Bertz CT molecular complexity index is 431. The fourth-order valence-corrected chi connectivity index (χ4v) is 2.13. The Balaban J connectivity index is 2.09. The number of amides is 1. The smallest absolute Gasteiger partial charge is 0.245 e. The zero-order valence-electron chi connectivity index (χ0n) is 9.93. The van der Waals surface area contributed by atoms with E-state index in [1.165, 1.54) is 6.08 Å². The second kappa shape index (κ2) is 4.99. The van der Waals surface area contributed by atoms with Crippen LogP contribution in [0, 0.1) is 0 Å². The highest BCUT2D eigenvalue weighted by atomic mass is 16.5. The van der Waals surface area contributed by atoms with Crippen molar-refractivity contribution in [3.63, 3.8) is 0 Å². The van der Waals surface area contributed by atoms with Gasteiger partial charge in [-0.3, -0.25) is 9.78 Å². The molecule has 1 saturated heterocycles. The van der Waals surface area contributed by atoms with Gasteiger partial charge in [0.25, 0.3) is 0 Å². The van der Waals surface area contributed by atoms with Gasteiger partial charge in [0.05, 0.1) is 13.3 Å². The molecule has 4 nitrogen and oxygen atoms in total. The Morgan fingerprint density at radius 1 is 1.65 bits per heavy atom. The van der Waals surface area contributed by atoms with Crippen LogP contribution in [0.2, 0.25) is 0 Å². The molecule has 90 valence electrons. The van der Waals surface area contributed by atoms with Crippen molar-refractivity contribution >= 4 is 5.91 Å². The fourth-order valence-electron chi connectivity index (χ4n) is 2.13. The molecule has 0 N–H and O–H groups in total. The van der Waals surface area contributed by atoms with Gasteiger partial charge in [-0.2, -0.15) is 0 Å². The number of likely N-dealkylation sites (tertiary alicyclic amines) is 1. The van der Waals surface area contributed by atoms with Crippen molar-refractivity contribution in [2.75, 3.05) is 20.2 Å². The maximum Gasteiger partial charge on any atom is 0.245 e. The summed E-state index contributed by atoms with van der Waals surface area (Å²) in [6, 6.07) is 1.99. The lowest BCUT2D eigenvalue weighted by molar-refractivity contribution is -0.125. The minimum atomic E-state index is 0.00311. The van der Waals surface area contributed by atoms with E-state index in [2.05, 4.69) is 11.6 Å². The topological polar surface area (TPSA) is 42.4 Å². The number of ether oxygens (including phenoxy) is 1. The number of aromatic nitrogens is 1. The van der Waals surface area contributed by atoms with Crippen LogP contribution in [0.1, 0.15) is 17.9 Å². The van der Waals surface area contributed by atoms with E-state index >= 15 is 0 Å². The van der Waals surface area contributed by atoms with Crippen molar-refractivity contribution in [2.45, 2.75) is 12.3 Å². The summed E-state index contributed by atoms with van der Waals surface area (Å²) in [4.78, 5) is 17.4. The number of hydrogen-bond donors (Lipinski definition) is 0. The molecule has 2 rings (SSSR count). The number of nitrogens with zero attached hydrogens (tertiary/aromatic N) is 2. The zero-order valence-corrected chi connectivity index (χ0v) is 9.93. The van der Waals surface area contributed by atoms with E-state index in [0.29, 0.717) is 5.92 Å². The second-order valence-electron chi connectivity index (χ2n) is 4.13. The Kier molecular flexibility index (Phi) is 3.42. The van der Waals surface area contributed by atoms with Crippen molar-refractivity contribution < 1.29 is 9.53 Å². The first kappa shape index (κ1) is 11.6. The number of carbonyl (C=O) groups is 1. The van der Waals surface area contributed by atoms with Crippen LogP contribution >= 0.6 is 0 Å². The van der Waals surface area contributed by atoms with Crippen LogP contribution in [0.3, 0.4) is 0 Å². The van der Waals surface area contributed by atoms with Crippen LogP contribution in [0.5, 0.6) is 5.75 Å². The highest BCUT2D eigenvalue weighted by Crippen LogP contribution is 2.28. The predicted octanol–water partition coefficient (Wildman–Crippen LogP) is 1.59. The standard InChI is InChI=1S/C13H16N2O2/c1-3-13(16)15-5-4-10(9-15)11-6-12(17-2)8-14-7-11/h3,6-8,10H,1,4-5,9H2,2H3. The van der Waals surface area contributed by atoms with Gasteiger partial charge in [-0.25, -0.2) is 0 Å². The molecule has 0 bridgehead atoms. The Labute approximate surface area is 101 Å². The Morgan fingerprint density at radius 2 is 2.47 bits per heavy atom. The highest BCUT2D eigenvalue weighted by Gasteiger charge is 2.26. The maximum atomic E-state index is 11.5. The molecule has 0 aromatic carbocycles. The van der Waals surface area contributed by atoms with Crippen LogP contribution < -0.4 is 4.74 Å². The highest BCUT2D eigenvalue weighted by molar-refractivity contribution is 5.87. The van der Waals surface area contributed by atoms with Gasteiger partial charge >= 0.3 is 0 Å². The van der Waals surface area contributed by atoms with Gasteiger partial charge in [0, 0.05) is 25.2 Å². The molecule has 1 atom stereocenters. The average Bonchev–Trinajstić information content (AvgIpc) is 2.87. The largest absolute Gasteiger partial charge is 0.495 e. The molecule has 1 aromatic rings. The van der Waals surface area contributed by atoms with Crippen LogP contribution in [0.15, 0.2) is 31.1 Å². The van der Waals surface area contributed by atoms with Gasteiger partial charge in [0.1, 0.15) is 5.75 Å². The molecule has 0 spiro atoms. The molecule has 2 heterocycles. The summed E-state index contributed by atoms with van der Waals surface area (Å²) in [6.07, 6.45) is 5.86. The number of carbonyl (C=O) groups excluding carboxylic acids is 1. The number of pyridine rings is 1. The normalized spacial score (nSPS) is 19.1. The summed E-state index contributed by atoms with van der Waals surface area (Å²) in [5.74, 6) is 1.11. The molecule has 1 aliphatic heterocycles. The second-order valence-corrected chi connectivity index (χ2v) is 4.13. The average molecular weight is 232 g/mol. The third-order valence-electron chi connectivity index (χ3n) is 3.12. The lowest BCUT2D eigenvalue weighted by Crippen LogP contribution is -2.26. The van der Waals surface area contributed by atoms with E-state index in [0.717, 1.165) is 30.8 Å². The Morgan fingerprint density at radius 3 is 3.18 bits per heavy atom. The van der Waals surface area contributed by atoms with Crippen molar-refractivity contribution in [2.24, 2.45) is 0 Å². The van der Waals surface area contributed by atoms with Gasteiger partial charge in [0.2, 0.25) is 5.91 Å². The molecule has 0 saturated carbocycles. The van der Waals surface area contributed by atoms with Crippen molar-refractivity contribution in [1.82, 2.24) is 9.88 Å². The lowest BCUT2D eigenvalue weighted by Gasteiger charge is -2.14. The molecule has 1 aliphatic rings. The maximum absolute atomic E-state index is 11.5. The third kappa shape index (κ3) is 2.46. The van der Waals surface area contributed by atoms with Crippen molar-refractivity contribution in [1.29, 1.82) is 0 Å². The van der Waals surface area contributed by atoms with Gasteiger partial charge in [0.15, 0.2) is 0 Å². The quantitative estimate of drug-likeness (QED) is 0.743. The molecule has 17 heavy (non-hydrogen) atoms. The first-order valence-electron chi connectivity index (χ1n) is 5.65. The van der Waals surface area contributed by atoms with Crippen LogP contribution in [-0.4, -0.2) is 36.0 Å². The van der Waals surface area contributed by atoms with Gasteiger partial charge in [-0.1, -0.05) is 6.58 Å². The van der Waals surface area contributed by atoms with Crippen molar-refractivity contribution in [3.8, 4) is 5.75 Å². The van der Waals surface area contributed by atoms with E-state index in [1.54, 1.807) is 13.3 Å². The molecule has 1 amide bonds. The number of rotatable bonds is 3. The van der Waals surface area contributed by atoms with E-state index in [-0.39, 0.29) is 5.91 Å². The Hall–Kier alpha value is -1.84. The summed E-state index contributed by atoms with van der Waals surface area (Å²) in [6.45, 7) is 5.03. The molecular weight excluding hydrogens is 216 g/mol. The molecule has 4 heteroatoms. The van der Waals surface area contributed by atoms with Crippen LogP contribution in [-0.2, 0) is 4.79 Å². The van der Waals surface area contributed by atoms with Gasteiger partial charge in [-0.15, -0.1) is 0 Å². The van der Waals surface area contributed by atoms with E-state index in [1.807, 2.05) is 17.2 Å². The lowest BCUT2D eigenvalue weighted by atomic mass is 10.0. The first-order chi connectivity index (χ1) is 8.24. The van der Waals surface area contributed by atoms with E-state index in [4.69, 9.17) is 4.74 Å². The van der Waals surface area contributed by atoms with E-state index in [9.17, 15) is 4.79 Å². The minimum Gasteiger partial charge on any atom is -0.495 e. The zero-order chi connectivity index (χ0) is 12.3. The van der Waals surface area contributed by atoms with Crippen molar-refractivity contribution in [3.05, 3.63) is 36.7 Å².